The first kappa shape index (κ1) is 20.1. The second-order valence-electron chi connectivity index (χ2n) is 7.58. The van der Waals surface area contributed by atoms with Crippen LogP contribution in [-0.2, 0) is 10.8 Å². The topological polar surface area (TPSA) is 59.7 Å². The number of carbonyl (C=O) groups is 1. The first-order chi connectivity index (χ1) is 10.7. The third-order valence-electron chi connectivity index (χ3n) is 4.59. The fourth-order valence-electron chi connectivity index (χ4n) is 1.97. The largest absolute Gasteiger partial charge is 0.458 e. The third-order valence-corrected chi connectivity index (χ3v) is 9.12. The molecule has 5 heteroatoms. The molecule has 0 aromatic carbocycles. The van der Waals surface area contributed by atoms with Gasteiger partial charge in [-0.2, -0.15) is 0 Å². The van der Waals surface area contributed by atoms with Crippen LogP contribution in [0.15, 0.2) is 16.5 Å². The van der Waals surface area contributed by atoms with Crippen LogP contribution < -0.4 is 0 Å². The maximum atomic E-state index is 11.8. The molecule has 1 heterocycles. The van der Waals surface area contributed by atoms with E-state index in [2.05, 4.69) is 33.9 Å². The van der Waals surface area contributed by atoms with E-state index in [-0.39, 0.29) is 17.4 Å². The Hall–Kier alpha value is -0.913. The predicted molar refractivity (Wildman–Crippen MR) is 95.4 cm³/mol. The van der Waals surface area contributed by atoms with E-state index >= 15 is 0 Å². The molecule has 0 saturated heterocycles. The molecule has 0 aliphatic rings. The van der Waals surface area contributed by atoms with Gasteiger partial charge in [-0.05, 0) is 49.5 Å². The molecule has 1 aromatic rings. The van der Waals surface area contributed by atoms with Crippen molar-refractivity contribution in [3.63, 3.8) is 0 Å². The lowest BCUT2D eigenvalue weighted by atomic mass is 10.2. The van der Waals surface area contributed by atoms with Gasteiger partial charge in [-0.3, -0.25) is 4.79 Å². The van der Waals surface area contributed by atoms with Crippen LogP contribution in [0, 0.1) is 0 Å². The quantitative estimate of drug-likeness (QED) is 0.385. The molecule has 0 radical (unpaired) electrons. The highest BCUT2D eigenvalue weighted by Crippen LogP contribution is 2.36. The van der Waals surface area contributed by atoms with E-state index in [4.69, 9.17) is 13.9 Å². The lowest BCUT2D eigenvalue weighted by Gasteiger charge is -2.36. The summed E-state index contributed by atoms with van der Waals surface area (Å²) in [6.07, 6.45) is 3.64. The van der Waals surface area contributed by atoms with Crippen LogP contribution in [0.4, 0.5) is 0 Å². The van der Waals surface area contributed by atoms with Crippen LogP contribution in [0.3, 0.4) is 0 Å². The molecule has 0 aliphatic carbocycles. The second-order valence-corrected chi connectivity index (χ2v) is 12.4. The summed E-state index contributed by atoms with van der Waals surface area (Å²) >= 11 is 0. The number of furan rings is 1. The monoisotopic (exact) mass is 340 g/mol. The van der Waals surface area contributed by atoms with Crippen molar-refractivity contribution in [2.75, 3.05) is 13.2 Å². The number of ketones is 1. The number of aliphatic hydroxyl groups excluding tert-OH is 1. The molecule has 0 saturated carbocycles. The lowest BCUT2D eigenvalue weighted by molar-refractivity contribution is 0.0942. The van der Waals surface area contributed by atoms with Gasteiger partial charge in [0.1, 0.15) is 5.76 Å². The first-order valence-corrected chi connectivity index (χ1v) is 11.4. The predicted octanol–water partition coefficient (Wildman–Crippen LogP) is 4.58. The van der Waals surface area contributed by atoms with Gasteiger partial charge in [-0.1, -0.05) is 20.8 Å². The van der Waals surface area contributed by atoms with Crippen LogP contribution in [0.1, 0.15) is 62.8 Å². The molecule has 1 N–H and O–H groups in total. The van der Waals surface area contributed by atoms with E-state index in [1.54, 1.807) is 6.07 Å². The summed E-state index contributed by atoms with van der Waals surface area (Å²) in [5.74, 6) is 1.22. The molecular formula is C18H32O4Si. The number of carbonyl (C=O) groups excluding carboxylic acids is 1. The number of unbranched alkanes of at least 4 members (excludes halogenated alkanes) is 1. The van der Waals surface area contributed by atoms with Crippen LogP contribution in [-0.4, -0.2) is 32.4 Å². The van der Waals surface area contributed by atoms with Crippen molar-refractivity contribution in [2.45, 2.75) is 71.0 Å². The van der Waals surface area contributed by atoms with Gasteiger partial charge in [0.05, 0.1) is 0 Å². The average Bonchev–Trinajstić information content (AvgIpc) is 2.92. The minimum absolute atomic E-state index is 0.0353. The van der Waals surface area contributed by atoms with E-state index in [0.717, 1.165) is 31.6 Å². The zero-order valence-corrected chi connectivity index (χ0v) is 16.3. The Morgan fingerprint density at radius 3 is 2.52 bits per heavy atom. The molecule has 1 aromatic heterocycles. The van der Waals surface area contributed by atoms with Gasteiger partial charge in [0, 0.05) is 26.1 Å². The fraction of sp³-hybridized carbons (Fsp3) is 0.722. The zero-order valence-electron chi connectivity index (χ0n) is 15.3. The van der Waals surface area contributed by atoms with Gasteiger partial charge in [-0.25, -0.2) is 0 Å². The molecule has 0 spiro atoms. The molecule has 0 unspecified atom stereocenters. The maximum absolute atomic E-state index is 11.8. The molecule has 0 bridgehead atoms. The summed E-state index contributed by atoms with van der Waals surface area (Å²) < 4.78 is 11.7. The normalized spacial score (nSPS) is 12.6. The Morgan fingerprint density at radius 2 is 1.91 bits per heavy atom. The smallest absolute Gasteiger partial charge is 0.198 e. The Kier molecular flexibility index (Phi) is 7.71. The van der Waals surface area contributed by atoms with Crippen LogP contribution >= 0.6 is 0 Å². The average molecular weight is 341 g/mol. The summed E-state index contributed by atoms with van der Waals surface area (Å²) in [5.41, 5.74) is 0. The molecular weight excluding hydrogens is 308 g/mol. The molecule has 1 rings (SSSR count). The van der Waals surface area contributed by atoms with Gasteiger partial charge >= 0.3 is 0 Å². The number of aliphatic hydroxyl groups is 1. The standard InChI is InChI=1S/C18H32O4Si/c1-18(2,3)23(4,5)21-14-7-6-9-15-11-12-17(22-15)16(20)10-8-13-19/h11-12,19H,6-10,13-14H2,1-5H3. The second kappa shape index (κ2) is 8.80. The zero-order chi connectivity index (χ0) is 17.5. The number of rotatable bonds is 10. The van der Waals surface area contributed by atoms with Crippen molar-refractivity contribution in [2.24, 2.45) is 0 Å². The summed E-state index contributed by atoms with van der Waals surface area (Å²) in [7, 11) is -1.65. The van der Waals surface area contributed by atoms with Crippen molar-refractivity contribution < 1.29 is 18.7 Å². The van der Waals surface area contributed by atoms with E-state index < -0.39 is 8.32 Å². The molecule has 0 atom stereocenters. The Morgan fingerprint density at radius 1 is 1.22 bits per heavy atom. The van der Waals surface area contributed by atoms with Gasteiger partial charge in [0.15, 0.2) is 19.9 Å². The number of Topliss-reactive ketones (excluding diaryl/α,β-unsaturated/α-hetero) is 1. The molecule has 0 amide bonds. The van der Waals surface area contributed by atoms with E-state index in [9.17, 15) is 4.79 Å². The van der Waals surface area contributed by atoms with E-state index in [1.807, 2.05) is 6.07 Å². The highest BCUT2D eigenvalue weighted by molar-refractivity contribution is 6.74. The van der Waals surface area contributed by atoms with Gasteiger partial charge in [0.25, 0.3) is 0 Å². The highest BCUT2D eigenvalue weighted by Gasteiger charge is 2.36. The third kappa shape index (κ3) is 6.61. The van der Waals surface area contributed by atoms with Gasteiger partial charge in [0.2, 0.25) is 0 Å². The minimum atomic E-state index is -1.65. The molecule has 0 fully saturated rings. The molecule has 23 heavy (non-hydrogen) atoms. The number of hydrogen-bond donors (Lipinski definition) is 1. The summed E-state index contributed by atoms with van der Waals surface area (Å²) in [6.45, 7) is 12.1. The first-order valence-electron chi connectivity index (χ1n) is 8.54. The summed E-state index contributed by atoms with van der Waals surface area (Å²) in [5, 5.41) is 9.00. The summed E-state index contributed by atoms with van der Waals surface area (Å²) in [6, 6.07) is 3.61. The maximum Gasteiger partial charge on any atom is 0.198 e. The van der Waals surface area contributed by atoms with Gasteiger partial charge in [-0.15, -0.1) is 0 Å². The molecule has 0 aliphatic heterocycles. The van der Waals surface area contributed by atoms with Gasteiger partial charge < -0.3 is 13.9 Å². The number of hydrogen-bond acceptors (Lipinski definition) is 4. The van der Waals surface area contributed by atoms with E-state index in [0.29, 0.717) is 18.6 Å². The Bertz CT molecular complexity index is 485. The van der Waals surface area contributed by atoms with Crippen molar-refractivity contribution in [3.8, 4) is 0 Å². The minimum Gasteiger partial charge on any atom is -0.458 e. The van der Waals surface area contributed by atoms with Crippen molar-refractivity contribution in [1.29, 1.82) is 0 Å². The van der Waals surface area contributed by atoms with Crippen molar-refractivity contribution in [1.82, 2.24) is 0 Å². The van der Waals surface area contributed by atoms with Crippen LogP contribution in [0.25, 0.3) is 0 Å². The Balaban J connectivity index is 2.29. The lowest BCUT2D eigenvalue weighted by Crippen LogP contribution is -2.40. The molecule has 132 valence electrons. The fourth-order valence-corrected chi connectivity index (χ4v) is 3.06. The van der Waals surface area contributed by atoms with Crippen LogP contribution in [0.5, 0.6) is 0 Å². The Labute approximate surface area is 141 Å². The molecule has 4 nitrogen and oxygen atoms in total. The SMILES string of the molecule is CC(C)(C)[Si](C)(C)OCCCCc1ccc(C(=O)CCCO)o1. The van der Waals surface area contributed by atoms with E-state index in [1.165, 1.54) is 0 Å². The number of aryl methyl sites for hydroxylation is 1. The van der Waals surface area contributed by atoms with Crippen LogP contribution in [0.2, 0.25) is 18.1 Å². The highest BCUT2D eigenvalue weighted by atomic mass is 28.4. The van der Waals surface area contributed by atoms with Crippen molar-refractivity contribution >= 4 is 14.1 Å². The summed E-state index contributed by atoms with van der Waals surface area (Å²) in [4.78, 5) is 11.8. The van der Waals surface area contributed by atoms with Crippen molar-refractivity contribution in [3.05, 3.63) is 23.7 Å².